The summed E-state index contributed by atoms with van der Waals surface area (Å²) in [5, 5.41) is 0.649. The van der Waals surface area contributed by atoms with E-state index in [4.69, 9.17) is 11.6 Å². The zero-order valence-corrected chi connectivity index (χ0v) is 18.2. The highest BCUT2D eigenvalue weighted by atomic mass is 35.5. The number of nitrogens with one attached hydrogen (secondary N) is 2. The summed E-state index contributed by atoms with van der Waals surface area (Å²) in [5.74, 6) is -0.861. The van der Waals surface area contributed by atoms with E-state index >= 15 is 0 Å². The van der Waals surface area contributed by atoms with Crippen LogP contribution in [0.2, 0.25) is 5.02 Å². The first-order valence-electron chi connectivity index (χ1n) is 9.72. The molecular weight excluding hydrogens is 426 g/mol. The third-order valence-corrected chi connectivity index (χ3v) is 7.33. The first kappa shape index (κ1) is 22.3. The quantitative estimate of drug-likeness (QED) is 0.663. The minimum absolute atomic E-state index is 0.154. The molecule has 0 aromatic heterocycles. The molecule has 1 saturated heterocycles. The average molecular weight is 450 g/mol. The fourth-order valence-corrected chi connectivity index (χ4v) is 4.89. The summed E-state index contributed by atoms with van der Waals surface area (Å²) < 4.78 is 26.5. The minimum atomic E-state index is -3.52. The van der Waals surface area contributed by atoms with E-state index in [0.29, 0.717) is 24.5 Å². The number of sulfonamides is 1. The fraction of sp³-hybridized carbons (Fsp3) is 0.333. The van der Waals surface area contributed by atoms with Crippen molar-refractivity contribution in [3.05, 3.63) is 64.2 Å². The smallest absolute Gasteiger partial charge is 0.269 e. The second-order valence-corrected chi connectivity index (χ2v) is 9.57. The van der Waals surface area contributed by atoms with E-state index in [-0.39, 0.29) is 22.8 Å². The molecule has 30 heavy (non-hydrogen) atoms. The lowest BCUT2D eigenvalue weighted by Gasteiger charge is -2.15. The number of halogens is 1. The van der Waals surface area contributed by atoms with Crippen LogP contribution in [-0.4, -0.2) is 37.6 Å². The van der Waals surface area contributed by atoms with E-state index in [1.54, 1.807) is 0 Å². The van der Waals surface area contributed by atoms with E-state index in [1.807, 2.05) is 25.1 Å². The number of hydrogen-bond donors (Lipinski definition) is 2. The van der Waals surface area contributed by atoms with Gasteiger partial charge in [0.2, 0.25) is 15.9 Å². The van der Waals surface area contributed by atoms with Gasteiger partial charge in [0.05, 0.1) is 4.90 Å². The van der Waals surface area contributed by atoms with Crippen LogP contribution in [0.1, 0.15) is 40.7 Å². The molecule has 9 heteroatoms. The molecule has 0 unspecified atom stereocenters. The van der Waals surface area contributed by atoms with Crippen LogP contribution >= 0.6 is 11.6 Å². The van der Waals surface area contributed by atoms with Crippen LogP contribution in [-0.2, 0) is 21.2 Å². The first-order valence-corrected chi connectivity index (χ1v) is 11.5. The summed E-state index contributed by atoms with van der Waals surface area (Å²) in [6, 6.07) is 11.3. The molecule has 160 valence electrons. The molecule has 7 nitrogen and oxygen atoms in total. The molecular formula is C21H24ClN3O4S. The van der Waals surface area contributed by atoms with Gasteiger partial charge in [-0.25, -0.2) is 8.42 Å². The number of hydrazine groups is 1. The molecule has 1 aliphatic rings. The summed E-state index contributed by atoms with van der Waals surface area (Å²) in [5.41, 5.74) is 6.87. The van der Waals surface area contributed by atoms with Gasteiger partial charge in [-0.2, -0.15) is 4.31 Å². The predicted molar refractivity (Wildman–Crippen MR) is 115 cm³/mol. The molecule has 0 aliphatic carbocycles. The zero-order valence-electron chi connectivity index (χ0n) is 16.7. The van der Waals surface area contributed by atoms with Crippen molar-refractivity contribution in [2.75, 3.05) is 13.1 Å². The number of carbonyl (C=O) groups is 2. The molecule has 3 rings (SSSR count). The highest BCUT2D eigenvalue weighted by Gasteiger charge is 2.27. The summed E-state index contributed by atoms with van der Waals surface area (Å²) in [4.78, 5) is 24.4. The Kier molecular flexibility index (Phi) is 7.12. The summed E-state index contributed by atoms with van der Waals surface area (Å²) in [7, 11) is -3.52. The lowest BCUT2D eigenvalue weighted by molar-refractivity contribution is -0.121. The third kappa shape index (κ3) is 5.38. The van der Waals surface area contributed by atoms with Crippen molar-refractivity contribution in [2.24, 2.45) is 0 Å². The second-order valence-electron chi connectivity index (χ2n) is 7.22. The standard InChI is InChI=1S/C21H24ClN3O4S/c1-15-4-5-16(14-19(15)22)6-11-20(26)23-24-21(27)17-7-9-18(10-8-17)30(28,29)25-12-2-3-13-25/h4-5,7-10,14H,2-3,6,11-13H2,1H3,(H,23,26)(H,24,27). The Bertz CT molecular complexity index is 1030. The molecule has 0 spiro atoms. The predicted octanol–water partition coefficient (Wildman–Crippen LogP) is 2.83. The van der Waals surface area contributed by atoms with Crippen molar-refractivity contribution in [1.82, 2.24) is 15.2 Å². The Morgan fingerprint density at radius 3 is 2.33 bits per heavy atom. The number of rotatable bonds is 6. The molecule has 0 radical (unpaired) electrons. The van der Waals surface area contributed by atoms with E-state index in [1.165, 1.54) is 28.6 Å². The van der Waals surface area contributed by atoms with E-state index < -0.39 is 15.9 Å². The van der Waals surface area contributed by atoms with Crippen LogP contribution in [0.3, 0.4) is 0 Å². The van der Waals surface area contributed by atoms with Crippen LogP contribution in [0.5, 0.6) is 0 Å². The number of benzene rings is 2. The normalized spacial score (nSPS) is 14.5. The number of carbonyl (C=O) groups excluding carboxylic acids is 2. The first-order chi connectivity index (χ1) is 14.3. The monoisotopic (exact) mass is 449 g/mol. The van der Waals surface area contributed by atoms with E-state index in [0.717, 1.165) is 24.0 Å². The number of amides is 2. The topological polar surface area (TPSA) is 95.6 Å². The van der Waals surface area contributed by atoms with Crippen molar-refractivity contribution < 1.29 is 18.0 Å². The summed E-state index contributed by atoms with van der Waals surface area (Å²) in [6.07, 6.45) is 2.39. The van der Waals surface area contributed by atoms with E-state index in [9.17, 15) is 18.0 Å². The van der Waals surface area contributed by atoms with Gasteiger partial charge in [0.15, 0.2) is 0 Å². The highest BCUT2D eigenvalue weighted by Crippen LogP contribution is 2.21. The van der Waals surface area contributed by atoms with Gasteiger partial charge < -0.3 is 0 Å². The Hall–Kier alpha value is -2.42. The van der Waals surface area contributed by atoms with Gasteiger partial charge in [0.25, 0.3) is 5.91 Å². The molecule has 2 aromatic carbocycles. The minimum Gasteiger partial charge on any atom is -0.273 e. The maximum absolute atomic E-state index is 12.5. The molecule has 0 bridgehead atoms. The zero-order chi connectivity index (χ0) is 21.7. The van der Waals surface area contributed by atoms with Gasteiger partial charge in [0, 0.05) is 30.1 Å². The molecule has 0 saturated carbocycles. The van der Waals surface area contributed by atoms with Gasteiger partial charge in [-0.15, -0.1) is 0 Å². The molecule has 1 fully saturated rings. The van der Waals surface area contributed by atoms with Crippen LogP contribution in [0, 0.1) is 6.92 Å². The molecule has 1 aliphatic heterocycles. The third-order valence-electron chi connectivity index (χ3n) is 5.01. The van der Waals surface area contributed by atoms with Crippen LogP contribution in [0.15, 0.2) is 47.4 Å². The average Bonchev–Trinajstić information content (AvgIpc) is 3.29. The number of nitrogens with zero attached hydrogens (tertiary/aromatic N) is 1. The van der Waals surface area contributed by atoms with Gasteiger partial charge in [-0.1, -0.05) is 23.7 Å². The summed E-state index contributed by atoms with van der Waals surface area (Å²) in [6.45, 7) is 2.94. The van der Waals surface area contributed by atoms with Gasteiger partial charge in [-0.05, 0) is 67.6 Å². The lowest BCUT2D eigenvalue weighted by Crippen LogP contribution is -2.41. The maximum atomic E-state index is 12.5. The molecule has 2 amide bonds. The van der Waals surface area contributed by atoms with Crippen LogP contribution < -0.4 is 10.9 Å². The highest BCUT2D eigenvalue weighted by molar-refractivity contribution is 7.89. The van der Waals surface area contributed by atoms with Gasteiger partial charge in [0.1, 0.15) is 0 Å². The molecule has 2 N–H and O–H groups in total. The maximum Gasteiger partial charge on any atom is 0.269 e. The van der Waals surface area contributed by atoms with Crippen molar-refractivity contribution >= 4 is 33.4 Å². The summed E-state index contributed by atoms with van der Waals surface area (Å²) >= 11 is 6.08. The second kappa shape index (κ2) is 9.59. The van der Waals surface area contributed by atoms with Crippen molar-refractivity contribution in [3.8, 4) is 0 Å². The largest absolute Gasteiger partial charge is 0.273 e. The van der Waals surface area contributed by atoms with Crippen molar-refractivity contribution in [1.29, 1.82) is 0 Å². The molecule has 2 aromatic rings. The fourth-order valence-electron chi connectivity index (χ4n) is 3.17. The van der Waals surface area contributed by atoms with Crippen molar-refractivity contribution in [2.45, 2.75) is 37.5 Å². The van der Waals surface area contributed by atoms with Gasteiger partial charge in [-0.3, -0.25) is 20.4 Å². The van der Waals surface area contributed by atoms with Crippen LogP contribution in [0.25, 0.3) is 0 Å². The van der Waals surface area contributed by atoms with Gasteiger partial charge >= 0.3 is 0 Å². The molecule has 0 atom stereocenters. The Morgan fingerprint density at radius 1 is 1.03 bits per heavy atom. The number of hydrogen-bond acceptors (Lipinski definition) is 4. The van der Waals surface area contributed by atoms with E-state index in [2.05, 4.69) is 10.9 Å². The lowest BCUT2D eigenvalue weighted by atomic mass is 10.1. The number of aryl methyl sites for hydroxylation is 2. The Labute approximate surface area is 181 Å². The SMILES string of the molecule is Cc1ccc(CCC(=O)NNC(=O)c2ccc(S(=O)(=O)N3CCCC3)cc2)cc1Cl. The van der Waals surface area contributed by atoms with Crippen LogP contribution in [0.4, 0.5) is 0 Å². The Balaban J connectivity index is 1.50. The van der Waals surface area contributed by atoms with Crippen molar-refractivity contribution in [3.63, 3.8) is 0 Å². The Morgan fingerprint density at radius 2 is 1.70 bits per heavy atom. The molecule has 1 heterocycles.